The molecule has 1 saturated carbocycles. The van der Waals surface area contributed by atoms with Crippen LogP contribution >= 0.6 is 0 Å². The summed E-state index contributed by atoms with van der Waals surface area (Å²) < 4.78 is 11.2. The molecule has 22 heavy (non-hydrogen) atoms. The number of ether oxygens (including phenoxy) is 2. The zero-order valence-electron chi connectivity index (χ0n) is 12.6. The predicted molar refractivity (Wildman–Crippen MR) is 79.6 cm³/mol. The van der Waals surface area contributed by atoms with Crippen LogP contribution in [0.2, 0.25) is 0 Å². The van der Waals surface area contributed by atoms with Crippen molar-refractivity contribution in [2.75, 3.05) is 14.2 Å². The van der Waals surface area contributed by atoms with Crippen LogP contribution in [-0.4, -0.2) is 37.5 Å². The molecule has 2 bridgehead atoms. The minimum absolute atomic E-state index is 0.0422. The highest BCUT2D eigenvalue weighted by Crippen LogP contribution is 2.60. The smallest absolute Gasteiger partial charge is 0.208 e. The highest BCUT2D eigenvalue weighted by atomic mass is 16.5. The van der Waals surface area contributed by atoms with Crippen LogP contribution in [-0.2, 0) is 25.5 Å². The second-order valence-corrected chi connectivity index (χ2v) is 6.37. The number of carbonyl (C=O) groups is 2. The van der Waals surface area contributed by atoms with Gasteiger partial charge in [0.1, 0.15) is 0 Å². The van der Waals surface area contributed by atoms with Gasteiger partial charge in [-0.2, -0.15) is 0 Å². The Morgan fingerprint density at radius 2 is 2.00 bits per heavy atom. The molecule has 0 saturated heterocycles. The fourth-order valence-corrected chi connectivity index (χ4v) is 4.83. The summed E-state index contributed by atoms with van der Waals surface area (Å²) in [6, 6.07) is 8.16. The van der Waals surface area contributed by atoms with Gasteiger partial charge in [-0.15, -0.1) is 0 Å². The molecule has 0 amide bonds. The molecule has 0 radical (unpaired) electrons. The van der Waals surface area contributed by atoms with E-state index in [1.807, 2.05) is 24.3 Å². The molecule has 0 N–H and O–H groups in total. The van der Waals surface area contributed by atoms with E-state index in [0.29, 0.717) is 6.29 Å². The number of Topliss-reactive ketones (excluding diaryl/α,β-unsaturated/α-hetero) is 1. The Morgan fingerprint density at radius 1 is 1.23 bits per heavy atom. The van der Waals surface area contributed by atoms with Crippen molar-refractivity contribution < 1.29 is 19.1 Å². The molecule has 1 aromatic rings. The highest BCUT2D eigenvalue weighted by Gasteiger charge is 2.69. The van der Waals surface area contributed by atoms with E-state index in [9.17, 15) is 9.59 Å². The van der Waals surface area contributed by atoms with Gasteiger partial charge < -0.3 is 9.47 Å². The lowest BCUT2D eigenvalue weighted by atomic mass is 9.53. The van der Waals surface area contributed by atoms with Gasteiger partial charge in [-0.3, -0.25) is 9.59 Å². The fraction of sp³-hybridized carbons (Fsp3) is 0.444. The third kappa shape index (κ3) is 1.31. The standard InChI is InChI=1S/C18H18O4/c1-21-17-8-7-14(18(10-19,22-2)16(17)20)13-9-11-5-3-4-6-12(11)15(13)17/h3-8,10,13-15H,9H2,1-2H3/t13-,14+,15-,17+,18-/m0/s1. The van der Waals surface area contributed by atoms with Gasteiger partial charge in [0.15, 0.2) is 17.5 Å². The molecule has 4 nitrogen and oxygen atoms in total. The first-order valence-electron chi connectivity index (χ1n) is 7.53. The first-order chi connectivity index (χ1) is 10.6. The number of aldehydes is 1. The van der Waals surface area contributed by atoms with Crippen LogP contribution in [0.3, 0.4) is 0 Å². The maximum atomic E-state index is 13.1. The predicted octanol–water partition coefficient (Wildman–Crippen LogP) is 1.68. The topological polar surface area (TPSA) is 52.6 Å². The van der Waals surface area contributed by atoms with Crippen molar-refractivity contribution in [1.82, 2.24) is 0 Å². The van der Waals surface area contributed by atoms with Crippen LogP contribution in [0.25, 0.3) is 0 Å². The van der Waals surface area contributed by atoms with Gasteiger partial charge in [0.2, 0.25) is 5.78 Å². The highest BCUT2D eigenvalue weighted by molar-refractivity contribution is 6.11. The Balaban J connectivity index is 1.97. The largest absolute Gasteiger partial charge is 0.366 e. The van der Waals surface area contributed by atoms with Crippen LogP contribution in [0.15, 0.2) is 36.4 Å². The summed E-state index contributed by atoms with van der Waals surface area (Å²) in [4.78, 5) is 24.9. The third-order valence-corrected chi connectivity index (χ3v) is 5.80. The average molecular weight is 298 g/mol. The molecule has 0 aromatic heterocycles. The Labute approximate surface area is 129 Å². The van der Waals surface area contributed by atoms with Gasteiger partial charge in [-0.1, -0.05) is 30.3 Å². The minimum atomic E-state index is -1.42. The molecular weight excluding hydrogens is 280 g/mol. The number of benzene rings is 1. The zero-order chi connectivity index (χ0) is 15.5. The first kappa shape index (κ1) is 13.9. The van der Waals surface area contributed by atoms with E-state index in [1.54, 1.807) is 0 Å². The van der Waals surface area contributed by atoms with Crippen molar-refractivity contribution >= 4 is 12.1 Å². The summed E-state index contributed by atoms with van der Waals surface area (Å²) in [5.41, 5.74) is -0.137. The number of fused-ring (bicyclic) bond motifs is 2. The maximum Gasteiger partial charge on any atom is 0.208 e. The molecule has 5 atom stereocenters. The molecule has 0 unspecified atom stereocenters. The second-order valence-electron chi connectivity index (χ2n) is 6.37. The van der Waals surface area contributed by atoms with Crippen molar-refractivity contribution in [3.63, 3.8) is 0 Å². The van der Waals surface area contributed by atoms with Gasteiger partial charge >= 0.3 is 0 Å². The summed E-state index contributed by atoms with van der Waals surface area (Å²) in [6.07, 6.45) is 5.28. The van der Waals surface area contributed by atoms with Crippen LogP contribution in [0, 0.1) is 11.8 Å². The van der Waals surface area contributed by atoms with Crippen molar-refractivity contribution in [3.8, 4) is 0 Å². The van der Waals surface area contributed by atoms with E-state index in [2.05, 4.69) is 12.1 Å². The summed E-state index contributed by atoms with van der Waals surface area (Å²) in [5, 5.41) is 0. The van der Waals surface area contributed by atoms with Crippen LogP contribution in [0.5, 0.6) is 0 Å². The number of carbonyl (C=O) groups excluding carboxylic acids is 2. The Hall–Kier alpha value is -1.78. The lowest BCUT2D eigenvalue weighted by molar-refractivity contribution is -0.185. The van der Waals surface area contributed by atoms with Gasteiger partial charge in [-0.25, -0.2) is 0 Å². The molecule has 1 aromatic carbocycles. The molecule has 0 aliphatic heterocycles. The zero-order valence-corrected chi connectivity index (χ0v) is 12.6. The Bertz CT molecular complexity index is 694. The molecule has 1 fully saturated rings. The second kappa shape index (κ2) is 4.37. The lowest BCUT2D eigenvalue weighted by Gasteiger charge is -2.55. The van der Waals surface area contributed by atoms with Crippen molar-refractivity contribution in [3.05, 3.63) is 47.5 Å². The molecule has 4 heteroatoms. The molecule has 114 valence electrons. The molecule has 0 heterocycles. The lowest BCUT2D eigenvalue weighted by Crippen LogP contribution is -2.69. The average Bonchev–Trinajstić information content (AvgIpc) is 2.97. The minimum Gasteiger partial charge on any atom is -0.366 e. The summed E-state index contributed by atoms with van der Waals surface area (Å²) in [6.45, 7) is 0. The van der Waals surface area contributed by atoms with E-state index in [-0.39, 0.29) is 23.5 Å². The number of hydrogen-bond acceptors (Lipinski definition) is 4. The monoisotopic (exact) mass is 298 g/mol. The van der Waals surface area contributed by atoms with Crippen LogP contribution < -0.4 is 0 Å². The SMILES string of the molecule is CO[C@]12C=C[C@H]([C@@H]3Cc4ccccc4[C@@H]31)[C@](C=O)(OC)C2=O. The summed E-state index contributed by atoms with van der Waals surface area (Å²) >= 11 is 0. The molecule has 4 aliphatic rings. The van der Waals surface area contributed by atoms with E-state index in [0.717, 1.165) is 12.0 Å². The molecule has 5 rings (SSSR count). The summed E-state index contributed by atoms with van der Waals surface area (Å²) in [5.74, 6) is -0.410. The number of hydrogen-bond donors (Lipinski definition) is 0. The Morgan fingerprint density at radius 3 is 2.68 bits per heavy atom. The first-order valence-corrected chi connectivity index (χ1v) is 7.53. The van der Waals surface area contributed by atoms with Crippen molar-refractivity contribution in [2.45, 2.75) is 23.5 Å². The number of methoxy groups -OCH3 is 2. The number of rotatable bonds is 3. The maximum absolute atomic E-state index is 13.1. The van der Waals surface area contributed by atoms with E-state index in [4.69, 9.17) is 9.47 Å². The normalized spacial score (nSPS) is 41.4. The van der Waals surface area contributed by atoms with Crippen molar-refractivity contribution in [2.24, 2.45) is 11.8 Å². The fourth-order valence-electron chi connectivity index (χ4n) is 4.83. The Kier molecular flexibility index (Phi) is 2.75. The van der Waals surface area contributed by atoms with Gasteiger partial charge in [-0.05, 0) is 29.5 Å². The quantitative estimate of drug-likeness (QED) is 0.484. The van der Waals surface area contributed by atoms with Crippen molar-refractivity contribution in [1.29, 1.82) is 0 Å². The van der Waals surface area contributed by atoms with E-state index >= 15 is 0 Å². The number of ketones is 1. The van der Waals surface area contributed by atoms with Gasteiger partial charge in [0.05, 0.1) is 0 Å². The molecule has 4 aliphatic carbocycles. The van der Waals surface area contributed by atoms with Gasteiger partial charge in [0, 0.05) is 26.1 Å². The molecular formula is C18H18O4. The summed E-state index contributed by atoms with van der Waals surface area (Å²) in [7, 11) is 2.97. The third-order valence-electron chi connectivity index (χ3n) is 5.80. The van der Waals surface area contributed by atoms with E-state index in [1.165, 1.54) is 19.8 Å². The molecule has 0 spiro atoms. The van der Waals surface area contributed by atoms with Crippen LogP contribution in [0.1, 0.15) is 17.0 Å². The van der Waals surface area contributed by atoms with Crippen LogP contribution in [0.4, 0.5) is 0 Å². The van der Waals surface area contributed by atoms with E-state index < -0.39 is 11.2 Å². The van der Waals surface area contributed by atoms with Gasteiger partial charge in [0.25, 0.3) is 0 Å².